The van der Waals surface area contributed by atoms with Crippen molar-refractivity contribution in [2.45, 2.75) is 58.5 Å². The van der Waals surface area contributed by atoms with Gasteiger partial charge in [-0.1, -0.05) is 13.0 Å². The van der Waals surface area contributed by atoms with E-state index in [1.807, 2.05) is 39.8 Å². The zero-order valence-electron chi connectivity index (χ0n) is 17.7. The number of ether oxygens (including phenoxy) is 1. The van der Waals surface area contributed by atoms with Gasteiger partial charge in [0.2, 0.25) is 5.91 Å². The third kappa shape index (κ3) is 4.21. The summed E-state index contributed by atoms with van der Waals surface area (Å²) < 4.78 is 6.06. The predicted octanol–water partition coefficient (Wildman–Crippen LogP) is 3.82. The van der Waals surface area contributed by atoms with Crippen molar-refractivity contribution in [2.24, 2.45) is 5.92 Å². The van der Waals surface area contributed by atoms with Crippen LogP contribution in [0.1, 0.15) is 51.0 Å². The van der Waals surface area contributed by atoms with E-state index in [1.54, 1.807) is 0 Å². The summed E-state index contributed by atoms with van der Waals surface area (Å²) in [6, 6.07) is 6.07. The number of rotatable bonds is 2. The second-order valence-electron chi connectivity index (χ2n) is 8.66. The normalized spacial score (nSPS) is 22.8. The highest BCUT2D eigenvalue weighted by molar-refractivity contribution is 5.94. The molecule has 3 amide bonds. The first-order valence-corrected chi connectivity index (χ1v) is 11.2. The maximum Gasteiger partial charge on any atom is 0.324 e. The first kappa shape index (κ1) is 20.0. The number of anilines is 1. The Hall–Kier alpha value is -2.24. The highest BCUT2D eigenvalue weighted by atomic mass is 16.5. The molecule has 3 aliphatic heterocycles. The molecule has 4 rings (SSSR count). The number of aryl methyl sites for hydroxylation is 1. The van der Waals surface area contributed by atoms with Crippen LogP contribution in [0.15, 0.2) is 18.2 Å². The number of carbonyl (C=O) groups is 2. The zero-order chi connectivity index (χ0) is 20.4. The highest BCUT2D eigenvalue weighted by Gasteiger charge is 2.35. The molecule has 0 aromatic heterocycles. The molecular weight excluding hydrogens is 366 g/mol. The fourth-order valence-corrected chi connectivity index (χ4v) is 4.71. The molecule has 0 spiro atoms. The Bertz CT molecular complexity index is 752. The van der Waals surface area contributed by atoms with Gasteiger partial charge >= 0.3 is 6.03 Å². The molecule has 2 saturated heterocycles. The third-order valence-corrected chi connectivity index (χ3v) is 6.55. The van der Waals surface area contributed by atoms with E-state index in [9.17, 15) is 9.59 Å². The van der Waals surface area contributed by atoms with Crippen LogP contribution in [-0.2, 0) is 4.79 Å². The quantitative estimate of drug-likeness (QED) is 0.760. The lowest BCUT2D eigenvalue weighted by atomic mass is 9.94. The maximum atomic E-state index is 13.4. The van der Waals surface area contributed by atoms with Gasteiger partial charge in [0.25, 0.3) is 0 Å². The lowest BCUT2D eigenvalue weighted by Crippen LogP contribution is -2.52. The van der Waals surface area contributed by atoms with Gasteiger partial charge in [-0.3, -0.25) is 9.69 Å². The van der Waals surface area contributed by atoms with Crippen LogP contribution in [0.2, 0.25) is 0 Å². The molecule has 0 bridgehead atoms. The molecule has 1 unspecified atom stereocenters. The summed E-state index contributed by atoms with van der Waals surface area (Å²) in [6.45, 7) is 7.81. The lowest BCUT2D eigenvalue weighted by molar-refractivity contribution is -0.137. The minimum atomic E-state index is 0.0207. The average molecular weight is 400 g/mol. The van der Waals surface area contributed by atoms with Crippen molar-refractivity contribution in [3.8, 4) is 5.75 Å². The van der Waals surface area contributed by atoms with Crippen LogP contribution >= 0.6 is 0 Å². The standard InChI is InChI=1S/C23H33N3O3/c1-3-19-16-26(20-15-17(2)7-8-21(20)29-19)23(28)25-13-9-18(10-14-25)22(27)24-11-5-4-6-12-24/h7-8,15,18-19H,3-6,9-14,16H2,1-2H3. The van der Waals surface area contributed by atoms with Gasteiger partial charge in [-0.05, 0) is 63.1 Å². The number of hydrogen-bond acceptors (Lipinski definition) is 3. The van der Waals surface area contributed by atoms with Gasteiger partial charge in [0.05, 0.1) is 12.2 Å². The topological polar surface area (TPSA) is 53.1 Å². The molecule has 29 heavy (non-hydrogen) atoms. The van der Waals surface area contributed by atoms with Crippen molar-refractivity contribution in [2.75, 3.05) is 37.6 Å². The molecule has 1 aromatic carbocycles. The fraction of sp³-hybridized carbons (Fsp3) is 0.652. The summed E-state index contributed by atoms with van der Waals surface area (Å²) in [5.74, 6) is 1.16. The minimum Gasteiger partial charge on any atom is -0.486 e. The maximum absolute atomic E-state index is 13.4. The highest BCUT2D eigenvalue weighted by Crippen LogP contribution is 2.36. The minimum absolute atomic E-state index is 0.0207. The smallest absolute Gasteiger partial charge is 0.324 e. The lowest BCUT2D eigenvalue weighted by Gasteiger charge is -2.40. The SMILES string of the molecule is CCC1CN(C(=O)N2CCC(C(=O)N3CCCCC3)CC2)c2cc(C)ccc2O1. The van der Waals surface area contributed by atoms with Gasteiger partial charge in [0.15, 0.2) is 0 Å². The van der Waals surface area contributed by atoms with Gasteiger partial charge in [-0.2, -0.15) is 0 Å². The first-order chi connectivity index (χ1) is 14.1. The number of carbonyl (C=O) groups excluding carboxylic acids is 2. The monoisotopic (exact) mass is 399 g/mol. The van der Waals surface area contributed by atoms with Crippen molar-refractivity contribution in [3.05, 3.63) is 23.8 Å². The van der Waals surface area contributed by atoms with E-state index >= 15 is 0 Å². The molecule has 6 nitrogen and oxygen atoms in total. The van der Waals surface area contributed by atoms with E-state index < -0.39 is 0 Å². The zero-order valence-corrected chi connectivity index (χ0v) is 17.7. The van der Waals surface area contributed by atoms with Crippen LogP contribution in [0.25, 0.3) is 0 Å². The summed E-state index contributed by atoms with van der Waals surface area (Å²) in [5, 5.41) is 0. The summed E-state index contributed by atoms with van der Waals surface area (Å²) in [5.41, 5.74) is 1.98. The van der Waals surface area contributed by atoms with E-state index in [-0.39, 0.29) is 18.1 Å². The van der Waals surface area contributed by atoms with Crippen molar-refractivity contribution in [1.29, 1.82) is 0 Å². The third-order valence-electron chi connectivity index (χ3n) is 6.55. The van der Waals surface area contributed by atoms with Crippen LogP contribution < -0.4 is 9.64 Å². The Morgan fingerprint density at radius 1 is 1.03 bits per heavy atom. The molecule has 6 heteroatoms. The number of benzene rings is 1. The van der Waals surface area contributed by atoms with Crippen molar-refractivity contribution < 1.29 is 14.3 Å². The second-order valence-corrected chi connectivity index (χ2v) is 8.66. The number of nitrogens with zero attached hydrogens (tertiary/aromatic N) is 3. The van der Waals surface area contributed by atoms with Gasteiger partial charge in [0.1, 0.15) is 11.9 Å². The number of likely N-dealkylation sites (tertiary alicyclic amines) is 2. The van der Waals surface area contributed by atoms with Crippen LogP contribution in [0.3, 0.4) is 0 Å². The van der Waals surface area contributed by atoms with E-state index in [1.165, 1.54) is 6.42 Å². The molecule has 0 radical (unpaired) electrons. The van der Waals surface area contributed by atoms with Crippen LogP contribution in [0.4, 0.5) is 10.5 Å². The Balaban J connectivity index is 1.42. The molecule has 1 aromatic rings. The molecule has 158 valence electrons. The molecular formula is C23H33N3O3. The summed E-state index contributed by atoms with van der Waals surface area (Å²) in [4.78, 5) is 32.0. The molecule has 2 fully saturated rings. The van der Waals surface area contributed by atoms with Crippen molar-refractivity contribution in [1.82, 2.24) is 9.80 Å². The molecule has 3 aliphatic rings. The fourth-order valence-electron chi connectivity index (χ4n) is 4.71. The van der Waals surface area contributed by atoms with Crippen LogP contribution in [0.5, 0.6) is 5.75 Å². The Kier molecular flexibility index (Phi) is 5.97. The van der Waals surface area contributed by atoms with Crippen LogP contribution in [0, 0.1) is 12.8 Å². The number of piperidine rings is 2. The summed E-state index contributed by atoms with van der Waals surface area (Å²) in [7, 11) is 0. The van der Waals surface area contributed by atoms with E-state index in [2.05, 4.69) is 6.92 Å². The molecule has 3 heterocycles. The molecule has 0 N–H and O–H groups in total. The largest absolute Gasteiger partial charge is 0.486 e. The summed E-state index contributed by atoms with van der Waals surface area (Å²) >= 11 is 0. The van der Waals surface area contributed by atoms with E-state index in [4.69, 9.17) is 4.74 Å². The average Bonchev–Trinajstić information content (AvgIpc) is 2.78. The van der Waals surface area contributed by atoms with Gasteiger partial charge in [-0.25, -0.2) is 4.79 Å². The van der Waals surface area contributed by atoms with Crippen LogP contribution in [-0.4, -0.2) is 60.6 Å². The molecule has 0 saturated carbocycles. The van der Waals surface area contributed by atoms with E-state index in [0.29, 0.717) is 25.5 Å². The summed E-state index contributed by atoms with van der Waals surface area (Å²) in [6.07, 6.45) is 5.90. The second kappa shape index (κ2) is 8.64. The van der Waals surface area contributed by atoms with Gasteiger partial charge in [-0.15, -0.1) is 0 Å². The first-order valence-electron chi connectivity index (χ1n) is 11.2. The Morgan fingerprint density at radius 2 is 1.76 bits per heavy atom. The Morgan fingerprint density at radius 3 is 2.45 bits per heavy atom. The number of amides is 3. The predicted molar refractivity (Wildman–Crippen MR) is 113 cm³/mol. The number of urea groups is 1. The number of fused-ring (bicyclic) bond motifs is 1. The van der Waals surface area contributed by atoms with Gasteiger partial charge < -0.3 is 14.5 Å². The number of hydrogen-bond donors (Lipinski definition) is 0. The molecule has 1 atom stereocenters. The van der Waals surface area contributed by atoms with Gasteiger partial charge in [0, 0.05) is 32.1 Å². The molecule has 0 aliphatic carbocycles. The van der Waals surface area contributed by atoms with E-state index in [0.717, 1.165) is 62.2 Å². The Labute approximate surface area is 173 Å². The van der Waals surface area contributed by atoms with Crippen molar-refractivity contribution in [3.63, 3.8) is 0 Å². The van der Waals surface area contributed by atoms with Crippen molar-refractivity contribution >= 4 is 17.6 Å².